The Hall–Kier alpha value is -1.69. The van der Waals surface area contributed by atoms with E-state index in [0.29, 0.717) is 26.1 Å². The zero-order chi connectivity index (χ0) is 15.8. The third-order valence-electron chi connectivity index (χ3n) is 2.84. The molecule has 0 saturated heterocycles. The van der Waals surface area contributed by atoms with Crippen molar-refractivity contribution in [1.82, 2.24) is 4.90 Å². The SMILES string of the molecule is CC(C)CN(CCCN)C(=O)c1ccccc1OC(F)F. The normalized spacial score (nSPS) is 11.0. The van der Waals surface area contributed by atoms with E-state index in [1.165, 1.54) is 12.1 Å². The first-order valence-corrected chi connectivity index (χ1v) is 6.98. The average Bonchev–Trinajstić information content (AvgIpc) is 2.42. The molecule has 118 valence electrons. The molecular formula is C15H22F2N2O2. The average molecular weight is 300 g/mol. The molecule has 0 heterocycles. The zero-order valence-electron chi connectivity index (χ0n) is 12.4. The number of nitrogens with zero attached hydrogens (tertiary/aromatic N) is 1. The molecule has 0 unspecified atom stereocenters. The predicted molar refractivity (Wildman–Crippen MR) is 77.5 cm³/mol. The fraction of sp³-hybridized carbons (Fsp3) is 0.533. The summed E-state index contributed by atoms with van der Waals surface area (Å²) in [4.78, 5) is 14.2. The number of halogens is 2. The van der Waals surface area contributed by atoms with Crippen LogP contribution in [0, 0.1) is 5.92 Å². The van der Waals surface area contributed by atoms with Crippen LogP contribution < -0.4 is 10.5 Å². The number of ether oxygens (including phenoxy) is 1. The molecule has 0 aliphatic heterocycles. The molecule has 1 amide bonds. The lowest BCUT2D eigenvalue weighted by Crippen LogP contribution is -2.36. The Morgan fingerprint density at radius 1 is 1.33 bits per heavy atom. The maximum atomic E-state index is 12.5. The van der Waals surface area contributed by atoms with Gasteiger partial charge in [-0.15, -0.1) is 0 Å². The molecule has 0 aliphatic carbocycles. The molecule has 6 heteroatoms. The van der Waals surface area contributed by atoms with Gasteiger partial charge in [0.2, 0.25) is 0 Å². The predicted octanol–water partition coefficient (Wildman–Crippen LogP) is 2.74. The number of alkyl halides is 2. The molecule has 0 fully saturated rings. The van der Waals surface area contributed by atoms with E-state index in [0.717, 1.165) is 0 Å². The van der Waals surface area contributed by atoms with E-state index in [9.17, 15) is 13.6 Å². The lowest BCUT2D eigenvalue weighted by Gasteiger charge is -2.25. The standard InChI is InChI=1S/C15H22F2N2O2/c1-11(2)10-19(9-5-8-18)14(20)12-6-3-4-7-13(12)21-15(16)17/h3-4,6-7,11,15H,5,8-10,18H2,1-2H3. The van der Waals surface area contributed by atoms with Crippen molar-refractivity contribution in [3.05, 3.63) is 29.8 Å². The monoisotopic (exact) mass is 300 g/mol. The van der Waals surface area contributed by atoms with Gasteiger partial charge in [0.1, 0.15) is 5.75 Å². The second-order valence-corrected chi connectivity index (χ2v) is 5.16. The van der Waals surface area contributed by atoms with Crippen LogP contribution in [0.1, 0.15) is 30.6 Å². The second-order valence-electron chi connectivity index (χ2n) is 5.16. The smallest absolute Gasteiger partial charge is 0.387 e. The molecule has 21 heavy (non-hydrogen) atoms. The minimum atomic E-state index is -2.96. The summed E-state index contributed by atoms with van der Waals surface area (Å²) in [6.07, 6.45) is 0.663. The third-order valence-corrected chi connectivity index (χ3v) is 2.84. The van der Waals surface area contributed by atoms with E-state index in [2.05, 4.69) is 4.74 Å². The summed E-state index contributed by atoms with van der Waals surface area (Å²) in [5.41, 5.74) is 5.63. The van der Waals surface area contributed by atoms with Crippen LogP contribution in [-0.4, -0.2) is 37.1 Å². The van der Waals surface area contributed by atoms with Gasteiger partial charge >= 0.3 is 6.61 Å². The Bertz CT molecular complexity index is 453. The van der Waals surface area contributed by atoms with Crippen LogP contribution in [0.2, 0.25) is 0 Å². The quantitative estimate of drug-likeness (QED) is 0.803. The number of carbonyl (C=O) groups excluding carboxylic acids is 1. The van der Waals surface area contributed by atoms with Gasteiger partial charge < -0.3 is 15.4 Å². The van der Waals surface area contributed by atoms with Gasteiger partial charge in [0.25, 0.3) is 5.91 Å². The Morgan fingerprint density at radius 3 is 2.57 bits per heavy atom. The van der Waals surface area contributed by atoms with Crippen LogP contribution in [-0.2, 0) is 0 Å². The van der Waals surface area contributed by atoms with Crippen LogP contribution in [0.25, 0.3) is 0 Å². The molecule has 0 bridgehead atoms. The second kappa shape index (κ2) is 8.56. The highest BCUT2D eigenvalue weighted by molar-refractivity contribution is 5.97. The van der Waals surface area contributed by atoms with Gasteiger partial charge in [-0.25, -0.2) is 0 Å². The van der Waals surface area contributed by atoms with E-state index in [1.54, 1.807) is 17.0 Å². The van der Waals surface area contributed by atoms with Gasteiger partial charge in [0, 0.05) is 13.1 Å². The fourth-order valence-electron chi connectivity index (χ4n) is 2.01. The first kappa shape index (κ1) is 17.4. The van der Waals surface area contributed by atoms with Gasteiger partial charge in [0.05, 0.1) is 5.56 Å². The Kier molecular flexibility index (Phi) is 7.08. The lowest BCUT2D eigenvalue weighted by molar-refractivity contribution is -0.0502. The number of hydrogen-bond donors (Lipinski definition) is 1. The molecule has 1 aromatic carbocycles. The van der Waals surface area contributed by atoms with Gasteiger partial charge in [-0.3, -0.25) is 4.79 Å². The summed E-state index contributed by atoms with van der Waals surface area (Å²) in [6.45, 7) is 2.53. The van der Waals surface area contributed by atoms with E-state index < -0.39 is 6.61 Å². The summed E-state index contributed by atoms with van der Waals surface area (Å²) < 4.78 is 29.2. The molecule has 0 saturated carbocycles. The number of hydrogen-bond acceptors (Lipinski definition) is 3. The molecule has 0 radical (unpaired) electrons. The maximum absolute atomic E-state index is 12.5. The lowest BCUT2D eigenvalue weighted by atomic mass is 10.1. The van der Waals surface area contributed by atoms with E-state index in [4.69, 9.17) is 5.73 Å². The first-order valence-electron chi connectivity index (χ1n) is 6.98. The Morgan fingerprint density at radius 2 is 2.00 bits per heavy atom. The van der Waals surface area contributed by atoms with E-state index in [-0.39, 0.29) is 23.1 Å². The van der Waals surface area contributed by atoms with Gasteiger partial charge in [0.15, 0.2) is 0 Å². The highest BCUT2D eigenvalue weighted by Gasteiger charge is 2.21. The molecule has 4 nitrogen and oxygen atoms in total. The maximum Gasteiger partial charge on any atom is 0.387 e. The van der Waals surface area contributed by atoms with Crippen molar-refractivity contribution in [2.45, 2.75) is 26.9 Å². The van der Waals surface area contributed by atoms with E-state index in [1.807, 2.05) is 13.8 Å². The topological polar surface area (TPSA) is 55.6 Å². The molecule has 2 N–H and O–H groups in total. The van der Waals surface area contributed by atoms with Crippen LogP contribution in [0.3, 0.4) is 0 Å². The Labute approximate surface area is 123 Å². The summed E-state index contributed by atoms with van der Waals surface area (Å²) in [7, 11) is 0. The van der Waals surface area contributed by atoms with Crippen molar-refractivity contribution >= 4 is 5.91 Å². The minimum absolute atomic E-state index is 0.0981. The molecule has 0 spiro atoms. The number of rotatable bonds is 8. The highest BCUT2D eigenvalue weighted by Crippen LogP contribution is 2.22. The van der Waals surface area contributed by atoms with Gasteiger partial charge in [-0.1, -0.05) is 26.0 Å². The molecular weight excluding hydrogens is 278 g/mol. The molecule has 0 atom stereocenters. The summed E-state index contributed by atoms with van der Waals surface area (Å²) >= 11 is 0. The van der Waals surface area contributed by atoms with Crippen molar-refractivity contribution in [1.29, 1.82) is 0 Å². The number of carbonyl (C=O) groups is 1. The van der Waals surface area contributed by atoms with Crippen LogP contribution in [0.5, 0.6) is 5.75 Å². The fourth-order valence-corrected chi connectivity index (χ4v) is 2.01. The molecule has 0 aromatic heterocycles. The summed E-state index contributed by atoms with van der Waals surface area (Å²) in [6, 6.07) is 6.05. The zero-order valence-corrected chi connectivity index (χ0v) is 12.4. The van der Waals surface area contributed by atoms with Gasteiger partial charge in [-0.05, 0) is 31.0 Å². The molecule has 1 rings (SSSR count). The Balaban J connectivity index is 2.96. The number of amides is 1. The van der Waals surface area contributed by atoms with Crippen LogP contribution in [0.15, 0.2) is 24.3 Å². The minimum Gasteiger partial charge on any atom is -0.434 e. The summed E-state index contributed by atoms with van der Waals surface area (Å²) in [5, 5.41) is 0. The van der Waals surface area contributed by atoms with Crippen molar-refractivity contribution in [2.75, 3.05) is 19.6 Å². The third kappa shape index (κ3) is 5.67. The number of benzene rings is 1. The molecule has 0 aliphatic rings. The van der Waals surface area contributed by atoms with Crippen molar-refractivity contribution in [3.8, 4) is 5.75 Å². The van der Waals surface area contributed by atoms with E-state index >= 15 is 0 Å². The van der Waals surface area contributed by atoms with Crippen LogP contribution in [0.4, 0.5) is 8.78 Å². The largest absolute Gasteiger partial charge is 0.434 e. The van der Waals surface area contributed by atoms with Gasteiger partial charge in [-0.2, -0.15) is 8.78 Å². The van der Waals surface area contributed by atoms with Crippen molar-refractivity contribution in [3.63, 3.8) is 0 Å². The highest BCUT2D eigenvalue weighted by atomic mass is 19.3. The number of para-hydroxylation sites is 1. The summed E-state index contributed by atoms with van der Waals surface area (Å²) in [5.74, 6) is -0.137. The number of nitrogens with two attached hydrogens (primary N) is 1. The molecule has 1 aromatic rings. The van der Waals surface area contributed by atoms with Crippen LogP contribution >= 0.6 is 0 Å². The first-order chi connectivity index (χ1) is 9.95. The van der Waals surface area contributed by atoms with Crippen molar-refractivity contribution in [2.24, 2.45) is 11.7 Å². The van der Waals surface area contributed by atoms with Crippen molar-refractivity contribution < 1.29 is 18.3 Å².